The van der Waals surface area contributed by atoms with E-state index in [0.29, 0.717) is 18.4 Å². The maximum Gasteiger partial charge on any atom is 0.163 e. The summed E-state index contributed by atoms with van der Waals surface area (Å²) in [5, 5.41) is 11.4. The second-order valence-electron chi connectivity index (χ2n) is 7.59. The van der Waals surface area contributed by atoms with E-state index in [0.717, 1.165) is 37.6 Å². The summed E-state index contributed by atoms with van der Waals surface area (Å²) >= 11 is 1.57. The minimum absolute atomic E-state index is 0.0552. The van der Waals surface area contributed by atoms with E-state index >= 15 is 0 Å². The molecule has 1 N–H and O–H groups in total. The van der Waals surface area contributed by atoms with Gasteiger partial charge in [-0.2, -0.15) is 0 Å². The average molecular weight is 401 g/mol. The van der Waals surface area contributed by atoms with Crippen molar-refractivity contribution in [2.45, 2.75) is 31.8 Å². The van der Waals surface area contributed by atoms with Gasteiger partial charge < -0.3 is 5.11 Å². The molecule has 1 aliphatic rings. The van der Waals surface area contributed by atoms with Crippen LogP contribution in [0.3, 0.4) is 0 Å². The monoisotopic (exact) mass is 400 g/mol. The van der Waals surface area contributed by atoms with E-state index in [1.807, 2.05) is 67.7 Å². The molecule has 0 bridgehead atoms. The lowest BCUT2D eigenvalue weighted by molar-refractivity contribution is 0.0921. The number of nitrogens with zero attached hydrogens (tertiary/aromatic N) is 2. The first-order valence-corrected chi connectivity index (χ1v) is 10.5. The first-order chi connectivity index (χ1) is 14.1. The zero-order valence-corrected chi connectivity index (χ0v) is 16.8. The van der Waals surface area contributed by atoms with E-state index in [1.165, 1.54) is 0 Å². The fraction of sp³-hybridized carbons (Fsp3) is 0.208. The van der Waals surface area contributed by atoms with Crippen molar-refractivity contribution in [3.63, 3.8) is 0 Å². The molecule has 5 rings (SSSR count). The minimum atomic E-state index is -0.496. The predicted octanol–water partition coefficient (Wildman–Crippen LogP) is 4.94. The molecule has 2 atom stereocenters. The smallest absolute Gasteiger partial charge is 0.163 e. The number of hydrogen-bond donors (Lipinski definition) is 1. The highest BCUT2D eigenvalue weighted by Crippen LogP contribution is 2.37. The van der Waals surface area contributed by atoms with E-state index in [4.69, 9.17) is 0 Å². The van der Waals surface area contributed by atoms with Gasteiger partial charge in [-0.15, -0.1) is 11.3 Å². The third-order valence-electron chi connectivity index (χ3n) is 5.62. The second-order valence-corrected chi connectivity index (χ2v) is 8.62. The molecule has 2 aromatic carbocycles. The normalized spacial score (nSPS) is 18.1. The highest BCUT2D eigenvalue weighted by molar-refractivity contribution is 7.21. The molecular weight excluding hydrogens is 380 g/mol. The van der Waals surface area contributed by atoms with Crippen molar-refractivity contribution in [3.05, 3.63) is 83.2 Å². The summed E-state index contributed by atoms with van der Waals surface area (Å²) in [6.07, 6.45) is 2.27. The number of thiazole rings is 1. The van der Waals surface area contributed by atoms with Crippen LogP contribution in [0.4, 0.5) is 0 Å². The Bertz CT molecular complexity index is 1210. The molecule has 144 valence electrons. The summed E-state index contributed by atoms with van der Waals surface area (Å²) in [6.45, 7) is 1.96. The number of hydrogen-bond acceptors (Lipinski definition) is 5. The van der Waals surface area contributed by atoms with Gasteiger partial charge in [-0.1, -0.05) is 24.3 Å². The van der Waals surface area contributed by atoms with E-state index in [9.17, 15) is 9.90 Å². The number of carbonyl (C=O) groups is 1. The summed E-state index contributed by atoms with van der Waals surface area (Å²) in [7, 11) is 0. The molecule has 29 heavy (non-hydrogen) atoms. The van der Waals surface area contributed by atoms with Crippen molar-refractivity contribution in [2.24, 2.45) is 0 Å². The van der Waals surface area contributed by atoms with Crippen LogP contribution in [-0.2, 0) is 6.42 Å². The molecule has 5 heteroatoms. The summed E-state index contributed by atoms with van der Waals surface area (Å²) in [4.78, 5) is 22.0. The Labute approximate surface area is 172 Å². The van der Waals surface area contributed by atoms with Crippen molar-refractivity contribution in [3.8, 4) is 10.6 Å². The van der Waals surface area contributed by atoms with E-state index in [1.54, 1.807) is 11.3 Å². The molecule has 0 aliphatic heterocycles. The Balaban J connectivity index is 1.42. The number of benzene rings is 2. The molecule has 2 heterocycles. The zero-order chi connectivity index (χ0) is 20.0. The van der Waals surface area contributed by atoms with Gasteiger partial charge in [-0.25, -0.2) is 4.98 Å². The van der Waals surface area contributed by atoms with Gasteiger partial charge in [-0.05, 0) is 54.8 Å². The Morgan fingerprint density at radius 3 is 2.86 bits per heavy atom. The number of carbonyl (C=O) groups excluding carboxylic acids is 1. The van der Waals surface area contributed by atoms with Crippen LogP contribution in [-0.4, -0.2) is 27.0 Å². The maximum absolute atomic E-state index is 13.0. The lowest BCUT2D eigenvalue weighted by atomic mass is 9.92. The number of rotatable bonds is 4. The lowest BCUT2D eigenvalue weighted by Gasteiger charge is -2.15. The number of aryl methyl sites for hydroxylation is 1. The van der Waals surface area contributed by atoms with Crippen molar-refractivity contribution in [1.29, 1.82) is 0 Å². The van der Waals surface area contributed by atoms with Crippen LogP contribution >= 0.6 is 11.3 Å². The van der Waals surface area contributed by atoms with Crippen molar-refractivity contribution >= 4 is 27.3 Å². The molecule has 4 nitrogen and oxygen atoms in total. The van der Waals surface area contributed by atoms with E-state index < -0.39 is 6.10 Å². The van der Waals surface area contributed by atoms with Gasteiger partial charge in [-0.3, -0.25) is 9.78 Å². The average Bonchev–Trinajstić information content (AvgIpc) is 3.29. The van der Waals surface area contributed by atoms with E-state index in [2.05, 4.69) is 9.97 Å². The fourth-order valence-corrected chi connectivity index (χ4v) is 5.03. The highest BCUT2D eigenvalue weighted by atomic mass is 32.1. The summed E-state index contributed by atoms with van der Waals surface area (Å²) in [6, 6.07) is 17.7. The molecule has 0 radical (unpaired) electrons. The van der Waals surface area contributed by atoms with Crippen LogP contribution in [0.5, 0.6) is 0 Å². The molecule has 4 aromatic rings. The summed E-state index contributed by atoms with van der Waals surface area (Å²) in [5.74, 6) is -0.0790. The van der Waals surface area contributed by atoms with Gasteiger partial charge >= 0.3 is 0 Å². The SMILES string of the molecule is Cc1ccc(-c2nc3ccc(C(=O)C[C@@H]4c5ccccc5C[C@@H]4O)cc3s2)cn1. The molecule has 0 unspecified atom stereocenters. The van der Waals surface area contributed by atoms with Gasteiger partial charge in [0.1, 0.15) is 5.01 Å². The Morgan fingerprint density at radius 2 is 2.03 bits per heavy atom. The number of ketones is 1. The largest absolute Gasteiger partial charge is 0.392 e. The van der Waals surface area contributed by atoms with Crippen molar-refractivity contribution in [1.82, 2.24) is 9.97 Å². The molecule has 1 aliphatic carbocycles. The maximum atomic E-state index is 13.0. The third-order valence-corrected chi connectivity index (χ3v) is 6.69. The van der Waals surface area contributed by atoms with Gasteiger partial charge in [0.15, 0.2) is 5.78 Å². The molecule has 2 aromatic heterocycles. The minimum Gasteiger partial charge on any atom is -0.392 e. The van der Waals surface area contributed by atoms with Crippen LogP contribution in [0, 0.1) is 6.92 Å². The van der Waals surface area contributed by atoms with Crippen LogP contribution in [0.2, 0.25) is 0 Å². The number of aliphatic hydroxyl groups excluding tert-OH is 1. The fourth-order valence-electron chi connectivity index (χ4n) is 4.04. The van der Waals surface area contributed by atoms with Crippen molar-refractivity contribution < 1.29 is 9.90 Å². The predicted molar refractivity (Wildman–Crippen MR) is 115 cm³/mol. The Kier molecular flexibility index (Phi) is 4.49. The highest BCUT2D eigenvalue weighted by Gasteiger charge is 2.32. The Morgan fingerprint density at radius 1 is 1.17 bits per heavy atom. The number of fused-ring (bicyclic) bond motifs is 2. The first kappa shape index (κ1) is 18.2. The molecule has 0 saturated carbocycles. The van der Waals surface area contributed by atoms with Crippen LogP contribution in [0.15, 0.2) is 60.8 Å². The summed E-state index contributed by atoms with van der Waals surface area (Å²) < 4.78 is 0.985. The zero-order valence-electron chi connectivity index (χ0n) is 16.0. The first-order valence-electron chi connectivity index (χ1n) is 9.71. The molecule has 0 spiro atoms. The van der Waals surface area contributed by atoms with Crippen LogP contribution < -0.4 is 0 Å². The molecule has 0 saturated heterocycles. The van der Waals surface area contributed by atoms with Crippen LogP contribution in [0.1, 0.15) is 39.5 Å². The van der Waals surface area contributed by atoms with Gasteiger partial charge in [0.25, 0.3) is 0 Å². The molecular formula is C24H20N2O2S. The topological polar surface area (TPSA) is 63.1 Å². The standard InChI is InChI=1S/C24H20N2O2S/c1-14-6-7-17(13-25-14)24-26-20-9-8-16(11-23(20)29-24)21(27)12-19-18-5-3-2-4-15(18)10-22(19)28/h2-9,11,13,19,22,28H,10,12H2,1H3/t19-,22+/m1/s1. The second kappa shape index (κ2) is 7.17. The number of Topliss-reactive ketones (excluding diaryl/α,β-unsaturated/α-hetero) is 1. The Hall–Kier alpha value is -2.89. The van der Waals surface area contributed by atoms with Gasteiger partial charge in [0, 0.05) is 35.4 Å². The van der Waals surface area contributed by atoms with Gasteiger partial charge in [0.05, 0.1) is 16.3 Å². The lowest BCUT2D eigenvalue weighted by Crippen LogP contribution is -2.17. The summed E-state index contributed by atoms with van der Waals surface area (Å²) in [5.41, 5.74) is 5.75. The number of pyridine rings is 1. The quantitative estimate of drug-likeness (QED) is 0.493. The van der Waals surface area contributed by atoms with E-state index in [-0.39, 0.29) is 11.7 Å². The van der Waals surface area contributed by atoms with Crippen LogP contribution in [0.25, 0.3) is 20.8 Å². The number of aliphatic hydroxyl groups is 1. The number of aromatic nitrogens is 2. The van der Waals surface area contributed by atoms with Crippen molar-refractivity contribution in [2.75, 3.05) is 0 Å². The molecule has 0 fully saturated rings. The van der Waals surface area contributed by atoms with Gasteiger partial charge in [0.2, 0.25) is 0 Å². The third kappa shape index (κ3) is 3.37. The molecule has 0 amide bonds.